The minimum atomic E-state index is -0.918. The maximum Gasteiger partial charge on any atom is 0.261 e. The van der Waals surface area contributed by atoms with Crippen LogP contribution in [0.1, 0.15) is 39.7 Å². The first-order valence-corrected chi connectivity index (χ1v) is 13.1. The summed E-state index contributed by atoms with van der Waals surface area (Å²) in [5, 5.41) is 7.48. The molecule has 0 saturated carbocycles. The lowest BCUT2D eigenvalue weighted by molar-refractivity contribution is -0.141. The number of methoxy groups -OCH3 is 1. The molecule has 9 heteroatoms. The molecule has 0 spiro atoms. The van der Waals surface area contributed by atoms with Crippen LogP contribution in [0, 0.1) is 0 Å². The summed E-state index contributed by atoms with van der Waals surface area (Å²) in [6, 6.07) is 19.1. The average molecular weight is 522 g/mol. The predicted octanol–water partition coefficient (Wildman–Crippen LogP) is 3.55. The van der Waals surface area contributed by atoms with E-state index in [0.717, 1.165) is 18.4 Å². The molecule has 8 nitrogen and oxygen atoms in total. The summed E-state index contributed by atoms with van der Waals surface area (Å²) in [5.41, 5.74) is 1.41. The number of hydrogen-bond donors (Lipinski definition) is 2. The maximum atomic E-state index is 13.7. The number of ether oxygens (including phenoxy) is 2. The van der Waals surface area contributed by atoms with Gasteiger partial charge in [-0.1, -0.05) is 54.6 Å². The Morgan fingerprint density at radius 1 is 1.05 bits per heavy atom. The number of nitrogens with one attached hydrogen (secondary N) is 2. The normalized spacial score (nSPS) is 15.5. The zero-order chi connectivity index (χ0) is 26.0. The van der Waals surface area contributed by atoms with Crippen molar-refractivity contribution in [2.24, 2.45) is 0 Å². The summed E-state index contributed by atoms with van der Waals surface area (Å²) in [6.45, 7) is 0.915. The number of para-hydroxylation sites is 1. The first kappa shape index (κ1) is 26.4. The van der Waals surface area contributed by atoms with Crippen LogP contribution in [0.25, 0.3) is 0 Å². The molecule has 37 heavy (non-hydrogen) atoms. The van der Waals surface area contributed by atoms with E-state index >= 15 is 0 Å². The van der Waals surface area contributed by atoms with E-state index in [4.69, 9.17) is 9.47 Å². The van der Waals surface area contributed by atoms with Crippen molar-refractivity contribution in [3.8, 4) is 5.75 Å². The molecule has 0 aliphatic carbocycles. The van der Waals surface area contributed by atoms with Gasteiger partial charge in [0.15, 0.2) is 0 Å². The molecule has 194 valence electrons. The highest BCUT2D eigenvalue weighted by molar-refractivity contribution is 7.12. The third-order valence-electron chi connectivity index (χ3n) is 6.20. The Bertz CT molecular complexity index is 1180. The highest BCUT2D eigenvalue weighted by Gasteiger charge is 2.33. The fourth-order valence-corrected chi connectivity index (χ4v) is 4.96. The number of benzene rings is 2. The molecule has 2 atom stereocenters. The van der Waals surface area contributed by atoms with Crippen molar-refractivity contribution in [1.29, 1.82) is 0 Å². The number of rotatable bonds is 11. The summed E-state index contributed by atoms with van der Waals surface area (Å²) in [5.74, 6) is -0.430. The van der Waals surface area contributed by atoms with Crippen molar-refractivity contribution in [2.75, 3.05) is 26.8 Å². The summed E-state index contributed by atoms with van der Waals surface area (Å²) < 4.78 is 11.2. The van der Waals surface area contributed by atoms with E-state index in [2.05, 4.69) is 10.6 Å². The minimum absolute atomic E-state index is 0.0381. The van der Waals surface area contributed by atoms with E-state index in [1.165, 1.54) is 16.2 Å². The molecule has 3 amide bonds. The van der Waals surface area contributed by atoms with Crippen LogP contribution in [0.15, 0.2) is 72.1 Å². The largest absolute Gasteiger partial charge is 0.496 e. The molecule has 2 N–H and O–H groups in total. The van der Waals surface area contributed by atoms with E-state index in [-0.39, 0.29) is 31.0 Å². The zero-order valence-corrected chi connectivity index (χ0v) is 21.5. The fraction of sp³-hybridized carbons (Fsp3) is 0.321. The van der Waals surface area contributed by atoms with Crippen molar-refractivity contribution in [2.45, 2.75) is 31.5 Å². The fourth-order valence-electron chi connectivity index (χ4n) is 4.32. The summed E-state index contributed by atoms with van der Waals surface area (Å²) >= 11 is 1.30. The lowest BCUT2D eigenvalue weighted by Gasteiger charge is -2.32. The molecule has 1 fully saturated rings. The lowest BCUT2D eigenvalue weighted by atomic mass is 10.0. The molecule has 1 aliphatic rings. The highest BCUT2D eigenvalue weighted by Crippen LogP contribution is 2.27. The van der Waals surface area contributed by atoms with Crippen molar-refractivity contribution in [3.63, 3.8) is 0 Å². The number of hydrogen-bond acceptors (Lipinski definition) is 6. The SMILES string of the molecule is COc1ccccc1CN(C(=O)CNC(=O)c1cccs1)[C@@H](C(=O)NC[C@H]1CCCO1)c1ccccc1. The van der Waals surface area contributed by atoms with Gasteiger partial charge in [0.1, 0.15) is 11.8 Å². The van der Waals surface area contributed by atoms with Gasteiger partial charge in [-0.3, -0.25) is 14.4 Å². The Balaban J connectivity index is 1.62. The third-order valence-corrected chi connectivity index (χ3v) is 7.07. The van der Waals surface area contributed by atoms with Crippen LogP contribution in [0.5, 0.6) is 5.75 Å². The number of carbonyl (C=O) groups is 3. The molecule has 1 saturated heterocycles. The first-order chi connectivity index (χ1) is 18.1. The highest BCUT2D eigenvalue weighted by atomic mass is 32.1. The van der Waals surface area contributed by atoms with Crippen molar-refractivity contribution >= 4 is 29.1 Å². The van der Waals surface area contributed by atoms with Gasteiger partial charge < -0.3 is 25.0 Å². The van der Waals surface area contributed by atoms with Gasteiger partial charge in [0.25, 0.3) is 5.91 Å². The predicted molar refractivity (Wildman–Crippen MR) is 141 cm³/mol. The Morgan fingerprint density at radius 2 is 1.84 bits per heavy atom. The molecule has 1 aliphatic heterocycles. The van der Waals surface area contributed by atoms with E-state index in [1.807, 2.05) is 54.6 Å². The van der Waals surface area contributed by atoms with Crippen molar-refractivity contribution in [3.05, 3.63) is 88.1 Å². The van der Waals surface area contributed by atoms with Crippen molar-refractivity contribution in [1.82, 2.24) is 15.5 Å². The summed E-state index contributed by atoms with van der Waals surface area (Å²) in [6.07, 6.45) is 1.81. The van der Waals surface area contributed by atoms with Crippen LogP contribution < -0.4 is 15.4 Å². The molecule has 3 aromatic rings. The molecule has 2 heterocycles. The molecule has 0 radical (unpaired) electrons. The van der Waals surface area contributed by atoms with E-state index in [0.29, 0.717) is 29.3 Å². The Kier molecular flexibility index (Phi) is 9.29. The molecule has 0 unspecified atom stereocenters. The number of thiophene rings is 1. The first-order valence-electron chi connectivity index (χ1n) is 12.2. The van der Waals surface area contributed by atoms with Crippen LogP contribution in [0.2, 0.25) is 0 Å². The van der Waals surface area contributed by atoms with Gasteiger partial charge in [-0.2, -0.15) is 0 Å². The number of carbonyl (C=O) groups excluding carboxylic acids is 3. The second-order valence-corrected chi connectivity index (χ2v) is 9.63. The molecular formula is C28H31N3O5S. The molecule has 1 aromatic heterocycles. The van der Waals surface area contributed by atoms with E-state index in [1.54, 1.807) is 24.6 Å². The summed E-state index contributed by atoms with van der Waals surface area (Å²) in [4.78, 5) is 41.8. The summed E-state index contributed by atoms with van der Waals surface area (Å²) in [7, 11) is 1.56. The van der Waals surface area contributed by atoms with Gasteiger partial charge in [0, 0.05) is 18.7 Å². The number of amides is 3. The quantitative estimate of drug-likeness (QED) is 0.402. The maximum absolute atomic E-state index is 13.7. The minimum Gasteiger partial charge on any atom is -0.496 e. The molecule has 0 bridgehead atoms. The van der Waals surface area contributed by atoms with Gasteiger partial charge >= 0.3 is 0 Å². The van der Waals surface area contributed by atoms with E-state index < -0.39 is 11.9 Å². The van der Waals surface area contributed by atoms with Gasteiger partial charge in [0.2, 0.25) is 11.8 Å². The van der Waals surface area contributed by atoms with Gasteiger partial charge in [-0.05, 0) is 35.9 Å². The third kappa shape index (κ3) is 6.96. The average Bonchev–Trinajstić information content (AvgIpc) is 3.66. The Morgan fingerprint density at radius 3 is 2.54 bits per heavy atom. The Hall–Kier alpha value is -3.69. The Labute approximate surface area is 220 Å². The van der Waals surface area contributed by atoms with Crippen LogP contribution in [-0.4, -0.2) is 55.5 Å². The zero-order valence-electron chi connectivity index (χ0n) is 20.7. The van der Waals surface area contributed by atoms with E-state index in [9.17, 15) is 14.4 Å². The lowest BCUT2D eigenvalue weighted by Crippen LogP contribution is -2.48. The molecular weight excluding hydrogens is 490 g/mol. The topological polar surface area (TPSA) is 97.0 Å². The monoisotopic (exact) mass is 521 g/mol. The van der Waals surface area contributed by atoms with Crippen LogP contribution in [0.3, 0.4) is 0 Å². The van der Waals surface area contributed by atoms with Crippen LogP contribution in [-0.2, 0) is 20.9 Å². The molecule has 4 rings (SSSR count). The smallest absolute Gasteiger partial charge is 0.261 e. The van der Waals surface area contributed by atoms with Crippen LogP contribution in [0.4, 0.5) is 0 Å². The van der Waals surface area contributed by atoms with Crippen molar-refractivity contribution < 1.29 is 23.9 Å². The van der Waals surface area contributed by atoms with Gasteiger partial charge in [0.05, 0.1) is 31.2 Å². The molecule has 2 aromatic carbocycles. The number of nitrogens with zero attached hydrogens (tertiary/aromatic N) is 1. The van der Waals surface area contributed by atoms with Gasteiger partial charge in [-0.25, -0.2) is 0 Å². The second-order valence-electron chi connectivity index (χ2n) is 8.69. The van der Waals surface area contributed by atoms with Gasteiger partial charge in [-0.15, -0.1) is 11.3 Å². The van der Waals surface area contributed by atoms with Crippen LogP contribution >= 0.6 is 11.3 Å². The standard InChI is InChI=1S/C28H31N3O5S/c1-35-23-13-6-5-11-21(23)19-31(25(32)18-30-27(33)24-14-8-16-37-24)26(20-9-3-2-4-10-20)28(34)29-17-22-12-7-15-36-22/h2-6,8-11,13-14,16,22,26H,7,12,15,17-19H2,1H3,(H,29,34)(H,30,33)/t22-,26-/m1/s1. The second kappa shape index (κ2) is 13.0.